The molecule has 2 amide bonds. The van der Waals surface area contributed by atoms with Gasteiger partial charge in [-0.15, -0.1) is 0 Å². The van der Waals surface area contributed by atoms with E-state index >= 15 is 0 Å². The van der Waals surface area contributed by atoms with Gasteiger partial charge in [0.05, 0.1) is 18.7 Å². The molecule has 33 heavy (non-hydrogen) atoms. The maximum atomic E-state index is 13.0. The molecule has 7 nitrogen and oxygen atoms in total. The van der Waals surface area contributed by atoms with Crippen LogP contribution in [0.3, 0.4) is 0 Å². The summed E-state index contributed by atoms with van der Waals surface area (Å²) in [4.78, 5) is 18.5. The Labute approximate surface area is 189 Å². The number of nitrogens with zero attached hydrogens (tertiary/aromatic N) is 3. The van der Waals surface area contributed by atoms with Crippen LogP contribution in [0.25, 0.3) is 22.8 Å². The molecule has 5 rings (SSSR count). The van der Waals surface area contributed by atoms with Crippen LogP contribution >= 0.6 is 0 Å². The molecule has 8 heteroatoms. The molecule has 3 aromatic carbocycles. The molecule has 0 saturated carbocycles. The average Bonchev–Trinajstić information content (AvgIpc) is 3.31. The number of likely N-dealkylation sites (tertiary alicyclic amines) is 1. The second kappa shape index (κ2) is 9.12. The second-order valence-corrected chi connectivity index (χ2v) is 7.72. The summed E-state index contributed by atoms with van der Waals surface area (Å²) in [6.07, 6.45) is -0.140. The van der Waals surface area contributed by atoms with E-state index < -0.39 is 0 Å². The molecule has 1 aliphatic heterocycles. The predicted molar refractivity (Wildman–Crippen MR) is 120 cm³/mol. The fourth-order valence-corrected chi connectivity index (χ4v) is 3.53. The van der Waals surface area contributed by atoms with Gasteiger partial charge in [-0.2, -0.15) is 4.98 Å². The van der Waals surface area contributed by atoms with E-state index in [2.05, 4.69) is 15.5 Å². The standard InChI is InChI=1S/C25H21FN4O3/c26-19-12-10-17(11-13-19)14-27-25(31)30-15-20(16-30)32-22-9-5-4-8-21(22)24-28-23(29-33-24)18-6-2-1-3-7-18/h1-13,20H,14-16H2,(H,27,31). The van der Waals surface area contributed by atoms with E-state index in [4.69, 9.17) is 9.26 Å². The number of nitrogens with one attached hydrogen (secondary N) is 1. The van der Waals surface area contributed by atoms with Crippen LogP contribution in [0.15, 0.2) is 83.4 Å². The van der Waals surface area contributed by atoms with Crippen molar-refractivity contribution in [3.8, 4) is 28.6 Å². The molecular weight excluding hydrogens is 423 g/mol. The van der Waals surface area contributed by atoms with Crippen molar-refractivity contribution in [3.63, 3.8) is 0 Å². The van der Waals surface area contributed by atoms with Gasteiger partial charge in [-0.3, -0.25) is 0 Å². The zero-order valence-electron chi connectivity index (χ0n) is 17.6. The van der Waals surface area contributed by atoms with Crippen molar-refractivity contribution in [2.24, 2.45) is 0 Å². The van der Waals surface area contributed by atoms with E-state index in [1.54, 1.807) is 17.0 Å². The number of carbonyl (C=O) groups excluding carboxylic acids is 1. The smallest absolute Gasteiger partial charge is 0.317 e. The molecule has 0 bridgehead atoms. The zero-order valence-corrected chi connectivity index (χ0v) is 17.6. The van der Waals surface area contributed by atoms with Crippen LogP contribution < -0.4 is 10.1 Å². The molecule has 1 aliphatic rings. The third-order valence-corrected chi connectivity index (χ3v) is 5.36. The van der Waals surface area contributed by atoms with E-state index in [1.807, 2.05) is 54.6 Å². The highest BCUT2D eigenvalue weighted by atomic mass is 19.1. The number of aromatic nitrogens is 2. The lowest BCUT2D eigenvalue weighted by Crippen LogP contribution is -2.58. The van der Waals surface area contributed by atoms with E-state index in [1.165, 1.54) is 12.1 Å². The molecule has 1 fully saturated rings. The fourth-order valence-electron chi connectivity index (χ4n) is 3.53. The van der Waals surface area contributed by atoms with Crippen LogP contribution in [0, 0.1) is 5.82 Å². The van der Waals surface area contributed by atoms with Crippen LogP contribution in [0.2, 0.25) is 0 Å². The minimum absolute atomic E-state index is 0.140. The van der Waals surface area contributed by atoms with Gasteiger partial charge in [-0.25, -0.2) is 9.18 Å². The zero-order chi connectivity index (χ0) is 22.6. The van der Waals surface area contributed by atoms with Crippen molar-refractivity contribution in [1.82, 2.24) is 20.4 Å². The summed E-state index contributed by atoms with van der Waals surface area (Å²) in [5.74, 6) is 1.20. The van der Waals surface area contributed by atoms with Gasteiger partial charge in [0.25, 0.3) is 5.89 Å². The molecule has 0 aliphatic carbocycles. The number of rotatable bonds is 6. The lowest BCUT2D eigenvalue weighted by molar-refractivity contribution is 0.0446. The SMILES string of the molecule is O=C(NCc1ccc(F)cc1)N1CC(Oc2ccccc2-c2nc(-c3ccccc3)no2)C1. The Bertz CT molecular complexity index is 1240. The molecule has 2 heterocycles. The second-order valence-electron chi connectivity index (χ2n) is 7.72. The molecule has 4 aromatic rings. The van der Waals surface area contributed by atoms with Gasteiger partial charge in [0.15, 0.2) is 0 Å². The Morgan fingerprint density at radius 2 is 1.76 bits per heavy atom. The summed E-state index contributed by atoms with van der Waals surface area (Å²) < 4.78 is 24.6. The van der Waals surface area contributed by atoms with Crippen molar-refractivity contribution < 1.29 is 18.4 Å². The number of urea groups is 1. The number of benzene rings is 3. The van der Waals surface area contributed by atoms with Crippen molar-refractivity contribution in [1.29, 1.82) is 0 Å². The van der Waals surface area contributed by atoms with E-state index in [9.17, 15) is 9.18 Å². The number of halogens is 1. The number of carbonyl (C=O) groups is 1. The summed E-state index contributed by atoms with van der Waals surface area (Å²) in [6, 6.07) is 22.9. The van der Waals surface area contributed by atoms with Gasteiger partial charge in [0, 0.05) is 12.1 Å². The van der Waals surface area contributed by atoms with Crippen molar-refractivity contribution in [2.75, 3.05) is 13.1 Å². The summed E-state index contributed by atoms with van der Waals surface area (Å²) in [5.41, 5.74) is 2.40. The molecule has 0 atom stereocenters. The highest BCUT2D eigenvalue weighted by molar-refractivity contribution is 5.75. The molecular formula is C25H21FN4O3. The Morgan fingerprint density at radius 3 is 2.55 bits per heavy atom. The van der Waals surface area contributed by atoms with E-state index in [0.29, 0.717) is 42.7 Å². The lowest BCUT2D eigenvalue weighted by atomic mass is 10.1. The van der Waals surface area contributed by atoms with Crippen molar-refractivity contribution >= 4 is 6.03 Å². The Hall–Kier alpha value is -4.20. The quantitative estimate of drug-likeness (QED) is 0.473. The minimum atomic E-state index is -0.301. The number of para-hydroxylation sites is 1. The van der Waals surface area contributed by atoms with Crippen LogP contribution in [-0.2, 0) is 6.54 Å². The van der Waals surface area contributed by atoms with Gasteiger partial charge in [-0.05, 0) is 29.8 Å². The molecule has 166 valence electrons. The minimum Gasteiger partial charge on any atom is -0.486 e. The maximum Gasteiger partial charge on any atom is 0.317 e. The van der Waals surface area contributed by atoms with Gasteiger partial charge >= 0.3 is 6.03 Å². The first kappa shape index (κ1) is 20.7. The summed E-state index contributed by atoms with van der Waals surface area (Å²) in [6.45, 7) is 1.26. The van der Waals surface area contributed by atoms with Crippen molar-refractivity contribution in [3.05, 3.63) is 90.2 Å². The summed E-state index contributed by atoms with van der Waals surface area (Å²) in [5, 5.41) is 6.92. The first-order valence-corrected chi connectivity index (χ1v) is 10.6. The highest BCUT2D eigenvalue weighted by Gasteiger charge is 2.33. The fraction of sp³-hybridized carbons (Fsp3) is 0.160. The number of amides is 2. The molecule has 0 spiro atoms. The molecule has 0 unspecified atom stereocenters. The lowest BCUT2D eigenvalue weighted by Gasteiger charge is -2.39. The normalized spacial score (nSPS) is 13.4. The van der Waals surface area contributed by atoms with Crippen molar-refractivity contribution in [2.45, 2.75) is 12.6 Å². The topological polar surface area (TPSA) is 80.5 Å². The first-order chi connectivity index (χ1) is 16.2. The van der Waals surface area contributed by atoms with Crippen LogP contribution in [-0.4, -0.2) is 40.3 Å². The molecule has 0 radical (unpaired) electrons. The van der Waals surface area contributed by atoms with E-state index in [0.717, 1.165) is 11.1 Å². The van der Waals surface area contributed by atoms with Crippen LogP contribution in [0.4, 0.5) is 9.18 Å². The molecule has 1 saturated heterocycles. The Balaban J connectivity index is 1.18. The third-order valence-electron chi connectivity index (χ3n) is 5.36. The third kappa shape index (κ3) is 4.69. The highest BCUT2D eigenvalue weighted by Crippen LogP contribution is 2.31. The largest absolute Gasteiger partial charge is 0.486 e. The monoisotopic (exact) mass is 444 g/mol. The summed E-state index contributed by atoms with van der Waals surface area (Å²) in [7, 11) is 0. The van der Waals surface area contributed by atoms with E-state index in [-0.39, 0.29) is 18.0 Å². The molecule has 1 aromatic heterocycles. The van der Waals surface area contributed by atoms with Gasteiger partial charge < -0.3 is 19.5 Å². The van der Waals surface area contributed by atoms with Gasteiger partial charge in [0.1, 0.15) is 17.7 Å². The predicted octanol–water partition coefficient (Wildman–Crippen LogP) is 4.52. The van der Waals surface area contributed by atoms with Gasteiger partial charge in [0.2, 0.25) is 5.82 Å². The summed E-state index contributed by atoms with van der Waals surface area (Å²) >= 11 is 0. The number of hydrogen-bond donors (Lipinski definition) is 1. The Kier molecular flexibility index (Phi) is 5.72. The number of ether oxygens (including phenoxy) is 1. The first-order valence-electron chi connectivity index (χ1n) is 10.6. The average molecular weight is 444 g/mol. The Morgan fingerprint density at radius 1 is 1.03 bits per heavy atom. The van der Waals surface area contributed by atoms with Crippen LogP contribution in [0.5, 0.6) is 5.75 Å². The van der Waals surface area contributed by atoms with Gasteiger partial charge in [-0.1, -0.05) is 59.8 Å². The van der Waals surface area contributed by atoms with Crippen LogP contribution in [0.1, 0.15) is 5.56 Å². The number of hydrogen-bond acceptors (Lipinski definition) is 5. The maximum absolute atomic E-state index is 13.0. The molecule has 1 N–H and O–H groups in total.